The van der Waals surface area contributed by atoms with E-state index in [2.05, 4.69) is 28.2 Å². The van der Waals surface area contributed by atoms with Crippen LogP contribution in [0.3, 0.4) is 0 Å². The van der Waals surface area contributed by atoms with Crippen molar-refractivity contribution in [3.8, 4) is 11.8 Å². The van der Waals surface area contributed by atoms with Crippen molar-refractivity contribution in [2.24, 2.45) is 0 Å². The number of hydrogen-bond acceptors (Lipinski definition) is 7. The van der Waals surface area contributed by atoms with Crippen LogP contribution < -0.4 is 10.1 Å². The fourth-order valence-corrected chi connectivity index (χ4v) is 4.10. The molecule has 0 aliphatic carbocycles. The minimum absolute atomic E-state index is 0.167. The number of thioether (sulfide) groups is 1. The molecule has 0 radical (unpaired) electrons. The summed E-state index contributed by atoms with van der Waals surface area (Å²) in [6, 6.07) is 11.5. The van der Waals surface area contributed by atoms with Gasteiger partial charge in [-0.05, 0) is 29.1 Å². The number of carbonyl (C=O) groups excluding carboxylic acids is 1. The second kappa shape index (κ2) is 9.91. The average molecular weight is 426 g/mol. The Morgan fingerprint density at radius 1 is 1.38 bits per heavy atom. The van der Waals surface area contributed by atoms with Gasteiger partial charge in [0.15, 0.2) is 5.16 Å². The number of ether oxygens (including phenoxy) is 1. The largest absolute Gasteiger partial charge is 0.497 e. The molecule has 9 heteroatoms. The Morgan fingerprint density at radius 3 is 2.86 bits per heavy atom. The zero-order valence-corrected chi connectivity index (χ0v) is 17.4. The van der Waals surface area contributed by atoms with Crippen molar-refractivity contribution in [1.82, 2.24) is 14.8 Å². The molecular formula is C20H19N5O2S2. The number of nitrogens with one attached hydrogen (secondary N) is 1. The van der Waals surface area contributed by atoms with Gasteiger partial charge in [-0.1, -0.05) is 30.0 Å². The first-order valence-electron chi connectivity index (χ1n) is 8.70. The van der Waals surface area contributed by atoms with Crippen molar-refractivity contribution < 1.29 is 9.53 Å². The number of benzene rings is 1. The van der Waals surface area contributed by atoms with Crippen LogP contribution in [0.25, 0.3) is 0 Å². The molecule has 0 aliphatic heterocycles. The number of allylic oxidation sites excluding steroid dienone is 1. The summed E-state index contributed by atoms with van der Waals surface area (Å²) >= 11 is 2.62. The van der Waals surface area contributed by atoms with Crippen LogP contribution in [0, 0.1) is 11.3 Å². The molecule has 0 saturated heterocycles. The Balaban J connectivity index is 1.66. The van der Waals surface area contributed by atoms with E-state index in [1.165, 1.54) is 23.1 Å². The first-order chi connectivity index (χ1) is 14.1. The number of anilines is 1. The number of amides is 1. The molecule has 3 aromatic rings. The predicted octanol–water partition coefficient (Wildman–Crippen LogP) is 3.73. The molecule has 7 nitrogen and oxygen atoms in total. The lowest BCUT2D eigenvalue weighted by Gasteiger charge is -2.08. The summed E-state index contributed by atoms with van der Waals surface area (Å²) in [5.74, 6) is 1.57. The molecule has 1 N–H and O–H groups in total. The standard InChI is InChI=1S/C20H19N5O2S2/c1-3-9-25-17(11-14-4-6-16(27-2)7-5-14)23-24-20(25)29-13-18(26)22-19-15(12-21)8-10-28-19/h3-8,10H,1,9,11,13H2,2H3,(H,22,26). The van der Waals surface area contributed by atoms with Crippen LogP contribution in [-0.4, -0.2) is 33.5 Å². The average Bonchev–Trinajstić information content (AvgIpc) is 3.34. The van der Waals surface area contributed by atoms with Gasteiger partial charge in [0, 0.05) is 13.0 Å². The van der Waals surface area contributed by atoms with E-state index in [0.29, 0.717) is 28.7 Å². The van der Waals surface area contributed by atoms with Crippen molar-refractivity contribution in [2.75, 3.05) is 18.2 Å². The van der Waals surface area contributed by atoms with Gasteiger partial charge >= 0.3 is 0 Å². The third-order valence-electron chi connectivity index (χ3n) is 4.00. The van der Waals surface area contributed by atoms with Gasteiger partial charge in [0.2, 0.25) is 5.91 Å². The molecule has 2 aromatic heterocycles. The highest BCUT2D eigenvalue weighted by atomic mass is 32.2. The molecule has 29 heavy (non-hydrogen) atoms. The summed E-state index contributed by atoms with van der Waals surface area (Å²) in [5, 5.41) is 23.3. The smallest absolute Gasteiger partial charge is 0.235 e. The highest BCUT2D eigenvalue weighted by Gasteiger charge is 2.15. The first kappa shape index (κ1) is 20.6. The Labute approximate surface area is 177 Å². The van der Waals surface area contributed by atoms with Gasteiger partial charge < -0.3 is 14.6 Å². The molecule has 0 atom stereocenters. The summed E-state index contributed by atoms with van der Waals surface area (Å²) in [5.41, 5.74) is 1.55. The van der Waals surface area contributed by atoms with E-state index in [1.54, 1.807) is 24.6 Å². The number of thiophene rings is 1. The predicted molar refractivity (Wildman–Crippen MR) is 114 cm³/mol. The topological polar surface area (TPSA) is 92.8 Å². The van der Waals surface area contributed by atoms with Gasteiger partial charge in [-0.3, -0.25) is 4.79 Å². The Hall–Kier alpha value is -3.09. The minimum Gasteiger partial charge on any atom is -0.497 e. The number of nitriles is 1. The molecule has 0 saturated carbocycles. The molecule has 2 heterocycles. The first-order valence-corrected chi connectivity index (χ1v) is 10.6. The molecule has 3 rings (SSSR count). The van der Waals surface area contributed by atoms with Gasteiger partial charge in [0.1, 0.15) is 22.6 Å². The summed E-state index contributed by atoms with van der Waals surface area (Å²) in [4.78, 5) is 12.3. The lowest BCUT2D eigenvalue weighted by Crippen LogP contribution is -2.14. The van der Waals surface area contributed by atoms with E-state index in [1.807, 2.05) is 28.8 Å². The fraction of sp³-hybridized carbons (Fsp3) is 0.200. The highest BCUT2D eigenvalue weighted by Crippen LogP contribution is 2.24. The third kappa shape index (κ3) is 5.25. The zero-order chi connectivity index (χ0) is 20.6. The van der Waals surface area contributed by atoms with Gasteiger partial charge in [-0.25, -0.2) is 0 Å². The van der Waals surface area contributed by atoms with Gasteiger partial charge in [0.05, 0.1) is 18.4 Å². The number of methoxy groups -OCH3 is 1. The van der Waals surface area contributed by atoms with Crippen molar-refractivity contribution in [3.63, 3.8) is 0 Å². The molecule has 0 bridgehead atoms. The van der Waals surface area contributed by atoms with Crippen LogP contribution in [-0.2, 0) is 17.8 Å². The molecule has 1 amide bonds. The monoisotopic (exact) mass is 425 g/mol. The van der Waals surface area contributed by atoms with Crippen molar-refractivity contribution in [2.45, 2.75) is 18.1 Å². The lowest BCUT2D eigenvalue weighted by atomic mass is 10.1. The SMILES string of the molecule is C=CCn1c(Cc2ccc(OC)cc2)nnc1SCC(=O)Nc1sccc1C#N. The van der Waals surface area contributed by atoms with E-state index in [-0.39, 0.29) is 11.7 Å². The van der Waals surface area contributed by atoms with Crippen molar-refractivity contribution >= 4 is 34.0 Å². The van der Waals surface area contributed by atoms with E-state index < -0.39 is 0 Å². The minimum atomic E-state index is -0.196. The maximum absolute atomic E-state index is 12.3. The van der Waals surface area contributed by atoms with Crippen molar-refractivity contribution in [3.05, 3.63) is 65.3 Å². The maximum atomic E-state index is 12.3. The quantitative estimate of drug-likeness (QED) is 0.415. The molecule has 0 unspecified atom stereocenters. The third-order valence-corrected chi connectivity index (χ3v) is 5.79. The van der Waals surface area contributed by atoms with Gasteiger partial charge in [0.25, 0.3) is 0 Å². The number of nitrogens with zero attached hydrogens (tertiary/aromatic N) is 4. The molecule has 1 aromatic carbocycles. The fourth-order valence-electron chi connectivity index (χ4n) is 2.58. The molecule has 0 aliphatic rings. The van der Waals surface area contributed by atoms with E-state index in [4.69, 9.17) is 10.00 Å². The zero-order valence-electron chi connectivity index (χ0n) is 15.8. The molecular weight excluding hydrogens is 406 g/mol. The Kier molecular flexibility index (Phi) is 7.05. The molecule has 0 spiro atoms. The van der Waals surface area contributed by atoms with E-state index in [0.717, 1.165) is 17.1 Å². The summed E-state index contributed by atoms with van der Waals surface area (Å²) in [6.07, 6.45) is 2.38. The van der Waals surface area contributed by atoms with Crippen LogP contribution in [0.1, 0.15) is 17.0 Å². The Morgan fingerprint density at radius 2 is 2.17 bits per heavy atom. The number of carbonyl (C=O) groups is 1. The summed E-state index contributed by atoms with van der Waals surface area (Å²) < 4.78 is 7.13. The highest BCUT2D eigenvalue weighted by molar-refractivity contribution is 7.99. The van der Waals surface area contributed by atoms with Crippen LogP contribution in [0.4, 0.5) is 5.00 Å². The van der Waals surface area contributed by atoms with Gasteiger partial charge in [-0.15, -0.1) is 28.1 Å². The normalized spacial score (nSPS) is 10.3. The van der Waals surface area contributed by atoms with Crippen LogP contribution in [0.2, 0.25) is 0 Å². The van der Waals surface area contributed by atoms with Crippen LogP contribution in [0.5, 0.6) is 5.75 Å². The van der Waals surface area contributed by atoms with E-state index in [9.17, 15) is 4.79 Å². The molecule has 0 fully saturated rings. The number of aromatic nitrogens is 3. The summed E-state index contributed by atoms with van der Waals surface area (Å²) in [7, 11) is 1.63. The molecule has 148 valence electrons. The van der Waals surface area contributed by atoms with Crippen LogP contribution in [0.15, 0.2) is 53.5 Å². The second-order valence-corrected chi connectivity index (χ2v) is 7.79. The van der Waals surface area contributed by atoms with Crippen LogP contribution >= 0.6 is 23.1 Å². The lowest BCUT2D eigenvalue weighted by molar-refractivity contribution is -0.113. The summed E-state index contributed by atoms with van der Waals surface area (Å²) in [6.45, 7) is 4.35. The van der Waals surface area contributed by atoms with Gasteiger partial charge in [-0.2, -0.15) is 5.26 Å². The maximum Gasteiger partial charge on any atom is 0.235 e. The number of rotatable bonds is 9. The van der Waals surface area contributed by atoms with E-state index >= 15 is 0 Å². The van der Waals surface area contributed by atoms with Crippen molar-refractivity contribution in [1.29, 1.82) is 5.26 Å². The second-order valence-electron chi connectivity index (χ2n) is 5.93. The Bertz CT molecular complexity index is 1030. The number of hydrogen-bond donors (Lipinski definition) is 1.